The fourth-order valence-electron chi connectivity index (χ4n) is 3.72. The third-order valence-corrected chi connectivity index (χ3v) is 5.31. The molecule has 0 aliphatic rings. The number of aryl methyl sites for hydroxylation is 1. The second-order valence-electron chi connectivity index (χ2n) is 7.10. The maximum atomic E-state index is 12.5. The van der Waals surface area contributed by atoms with Crippen LogP contribution in [-0.2, 0) is 0 Å². The number of aromatic amines is 1. The Morgan fingerprint density at radius 3 is 2.36 bits per heavy atom. The average Bonchev–Trinajstić information content (AvgIpc) is 2.69. The van der Waals surface area contributed by atoms with Gasteiger partial charge in [0.05, 0.1) is 5.52 Å². The van der Waals surface area contributed by atoms with Crippen molar-refractivity contribution in [2.75, 3.05) is 6.54 Å². The minimum atomic E-state index is -0.120. The number of halogens is 1. The van der Waals surface area contributed by atoms with Crippen LogP contribution in [-0.4, -0.2) is 16.6 Å². The van der Waals surface area contributed by atoms with Gasteiger partial charge in [-0.3, -0.25) is 4.79 Å². The van der Waals surface area contributed by atoms with E-state index >= 15 is 0 Å². The number of phenolic OH excluding ortho intramolecular Hbond substituents is 1. The summed E-state index contributed by atoms with van der Waals surface area (Å²) in [5.74, 6) is 0.483. The van der Waals surface area contributed by atoms with E-state index < -0.39 is 0 Å². The number of hydrogen-bond donors (Lipinski definition) is 3. The van der Waals surface area contributed by atoms with E-state index in [1.165, 1.54) is 0 Å². The highest BCUT2D eigenvalue weighted by atomic mass is 35.5. The number of pyridine rings is 1. The van der Waals surface area contributed by atoms with Crippen molar-refractivity contribution in [3.05, 3.63) is 76.1 Å². The summed E-state index contributed by atoms with van der Waals surface area (Å²) in [7, 11) is 0. The molecule has 4 nitrogen and oxygen atoms in total. The molecule has 1 unspecified atom stereocenters. The fraction of sp³-hybridized carbons (Fsp3) is 0.174. The molecule has 1 heterocycles. The van der Waals surface area contributed by atoms with Gasteiger partial charge in [0, 0.05) is 16.3 Å². The summed E-state index contributed by atoms with van der Waals surface area (Å²) in [5, 5.41) is 13.1. The Morgan fingerprint density at radius 2 is 1.71 bits per heavy atom. The van der Waals surface area contributed by atoms with Gasteiger partial charge < -0.3 is 15.8 Å². The number of hydrogen-bond acceptors (Lipinski definition) is 3. The van der Waals surface area contributed by atoms with Crippen molar-refractivity contribution in [2.24, 2.45) is 5.73 Å². The first-order valence-electron chi connectivity index (χ1n) is 9.09. The van der Waals surface area contributed by atoms with E-state index in [1.807, 2.05) is 55.5 Å². The molecule has 3 aromatic carbocycles. The van der Waals surface area contributed by atoms with Crippen molar-refractivity contribution in [3.8, 4) is 16.9 Å². The zero-order valence-corrected chi connectivity index (χ0v) is 16.6. The first-order chi connectivity index (χ1) is 13.0. The molecule has 4 N–H and O–H groups in total. The summed E-state index contributed by atoms with van der Waals surface area (Å²) in [6, 6.07) is 17.3. The van der Waals surface area contributed by atoms with Crippen molar-refractivity contribution < 1.29 is 5.11 Å². The molecule has 0 fully saturated rings. The van der Waals surface area contributed by atoms with Crippen molar-refractivity contribution in [3.63, 3.8) is 0 Å². The number of aromatic hydroxyl groups is 1. The number of rotatable bonds is 3. The predicted octanol–water partition coefficient (Wildman–Crippen LogP) is 4.85. The summed E-state index contributed by atoms with van der Waals surface area (Å²) in [6.07, 6.45) is 0. The third kappa shape index (κ3) is 3.15. The zero-order valence-electron chi connectivity index (χ0n) is 15.8. The molecule has 5 heteroatoms. The van der Waals surface area contributed by atoms with Gasteiger partial charge in [0.15, 0.2) is 0 Å². The Bertz CT molecular complexity index is 1210. The van der Waals surface area contributed by atoms with Crippen LogP contribution in [0.25, 0.3) is 32.8 Å². The van der Waals surface area contributed by atoms with Gasteiger partial charge in [-0.25, -0.2) is 0 Å². The number of fused-ring (bicyclic) bond motifs is 3. The molecule has 0 saturated carbocycles. The third-order valence-electron chi connectivity index (χ3n) is 5.31. The van der Waals surface area contributed by atoms with Crippen LogP contribution >= 0.6 is 12.4 Å². The summed E-state index contributed by atoms with van der Waals surface area (Å²) < 4.78 is 0. The van der Waals surface area contributed by atoms with E-state index in [-0.39, 0.29) is 29.6 Å². The molecule has 0 amide bonds. The molecule has 0 bridgehead atoms. The summed E-state index contributed by atoms with van der Waals surface area (Å²) in [5.41, 5.74) is 10.0. The summed E-state index contributed by atoms with van der Waals surface area (Å²) in [4.78, 5) is 15.5. The molecule has 1 aromatic heterocycles. The van der Waals surface area contributed by atoms with E-state index in [1.54, 1.807) is 6.07 Å². The SMILES string of the molecule is Cc1cc(O)c(-c2ccc(C(C)CN)cc2)c2c1[nH]c(=O)c1ccccc12.Cl. The van der Waals surface area contributed by atoms with Gasteiger partial charge in [-0.1, -0.05) is 49.4 Å². The smallest absolute Gasteiger partial charge is 0.256 e. The molecular formula is C23H23ClN2O2. The zero-order chi connectivity index (χ0) is 19.1. The van der Waals surface area contributed by atoms with Gasteiger partial charge in [-0.15, -0.1) is 12.4 Å². The van der Waals surface area contributed by atoms with Crippen molar-refractivity contribution >= 4 is 34.1 Å². The Labute approximate surface area is 169 Å². The monoisotopic (exact) mass is 394 g/mol. The normalized spacial score (nSPS) is 12.1. The lowest BCUT2D eigenvalue weighted by Crippen LogP contribution is -2.08. The first-order valence-corrected chi connectivity index (χ1v) is 9.09. The Hall–Kier alpha value is -2.82. The molecule has 4 rings (SSSR count). The Kier molecular flexibility index (Phi) is 5.45. The molecule has 144 valence electrons. The number of benzene rings is 3. The Balaban J connectivity index is 0.00000225. The van der Waals surface area contributed by atoms with Gasteiger partial charge >= 0.3 is 0 Å². The van der Waals surface area contributed by atoms with Gasteiger partial charge in [-0.2, -0.15) is 0 Å². The minimum Gasteiger partial charge on any atom is -0.507 e. The summed E-state index contributed by atoms with van der Waals surface area (Å²) in [6.45, 7) is 4.57. The molecular weight excluding hydrogens is 372 g/mol. The fourth-order valence-corrected chi connectivity index (χ4v) is 3.72. The van der Waals surface area contributed by atoms with Crippen LogP contribution < -0.4 is 11.3 Å². The quantitative estimate of drug-likeness (QED) is 0.435. The maximum absolute atomic E-state index is 12.5. The van der Waals surface area contributed by atoms with Crippen LogP contribution in [0.5, 0.6) is 5.75 Å². The van der Waals surface area contributed by atoms with Gasteiger partial charge in [0.2, 0.25) is 0 Å². The van der Waals surface area contributed by atoms with Crippen LogP contribution in [0.2, 0.25) is 0 Å². The van der Waals surface area contributed by atoms with E-state index in [0.29, 0.717) is 11.9 Å². The lowest BCUT2D eigenvalue weighted by Gasteiger charge is -2.15. The second-order valence-corrected chi connectivity index (χ2v) is 7.10. The van der Waals surface area contributed by atoms with Gasteiger partial charge in [0.25, 0.3) is 5.56 Å². The highest BCUT2D eigenvalue weighted by Crippen LogP contribution is 2.40. The number of phenols is 1. The standard InChI is InChI=1S/C23H22N2O2.ClH/c1-13-11-19(26)20(16-9-7-15(8-10-16)14(2)12-24)21-17-5-3-4-6-18(17)23(27)25-22(13)21;/h3-11,14,26H,12,24H2,1-2H3,(H,25,27);1H. The Morgan fingerprint density at radius 1 is 1.07 bits per heavy atom. The van der Waals surface area contributed by atoms with Crippen LogP contribution in [0.4, 0.5) is 0 Å². The largest absolute Gasteiger partial charge is 0.507 e. The van der Waals surface area contributed by atoms with Crippen LogP contribution in [0.3, 0.4) is 0 Å². The van der Waals surface area contributed by atoms with E-state index in [4.69, 9.17) is 5.73 Å². The van der Waals surface area contributed by atoms with Crippen LogP contribution in [0, 0.1) is 6.92 Å². The molecule has 0 aliphatic carbocycles. The van der Waals surface area contributed by atoms with Gasteiger partial charge in [0.1, 0.15) is 5.75 Å². The van der Waals surface area contributed by atoms with Crippen molar-refractivity contribution in [1.29, 1.82) is 0 Å². The van der Waals surface area contributed by atoms with E-state index in [0.717, 1.165) is 38.5 Å². The maximum Gasteiger partial charge on any atom is 0.256 e. The van der Waals surface area contributed by atoms with Crippen molar-refractivity contribution in [2.45, 2.75) is 19.8 Å². The van der Waals surface area contributed by atoms with Gasteiger partial charge in [-0.05, 0) is 53.6 Å². The molecule has 4 aromatic rings. The summed E-state index contributed by atoms with van der Waals surface area (Å²) >= 11 is 0. The van der Waals surface area contributed by atoms with E-state index in [2.05, 4.69) is 11.9 Å². The topological polar surface area (TPSA) is 79.1 Å². The van der Waals surface area contributed by atoms with Crippen LogP contribution in [0.15, 0.2) is 59.4 Å². The number of nitrogens with one attached hydrogen (secondary N) is 1. The predicted molar refractivity (Wildman–Crippen MR) is 119 cm³/mol. The molecule has 0 aliphatic heterocycles. The molecule has 28 heavy (non-hydrogen) atoms. The van der Waals surface area contributed by atoms with Crippen LogP contribution in [0.1, 0.15) is 24.0 Å². The van der Waals surface area contributed by atoms with Crippen molar-refractivity contribution in [1.82, 2.24) is 4.98 Å². The highest BCUT2D eigenvalue weighted by Gasteiger charge is 2.17. The molecule has 0 radical (unpaired) electrons. The number of nitrogens with two attached hydrogens (primary N) is 1. The highest BCUT2D eigenvalue weighted by molar-refractivity contribution is 6.14. The second kappa shape index (κ2) is 7.66. The number of H-pyrrole nitrogens is 1. The molecule has 1 atom stereocenters. The lowest BCUT2D eigenvalue weighted by molar-refractivity contribution is 0.477. The first kappa shape index (κ1) is 19.9. The average molecular weight is 395 g/mol. The lowest BCUT2D eigenvalue weighted by atomic mass is 9.92. The van der Waals surface area contributed by atoms with E-state index in [9.17, 15) is 9.90 Å². The molecule has 0 spiro atoms. The molecule has 0 saturated heterocycles. The minimum absolute atomic E-state index is 0. The number of aromatic nitrogens is 1.